The van der Waals surface area contributed by atoms with Gasteiger partial charge in [-0.2, -0.15) is 0 Å². The first-order valence-corrected chi connectivity index (χ1v) is 4.91. The van der Waals surface area contributed by atoms with Crippen LogP contribution in [0.1, 0.15) is 24.4 Å². The summed E-state index contributed by atoms with van der Waals surface area (Å²) in [6.45, 7) is 3.82. The summed E-state index contributed by atoms with van der Waals surface area (Å²) < 4.78 is 0. The molecule has 0 aromatic carbocycles. The lowest BCUT2D eigenvalue weighted by atomic mass is 10.3. The molecule has 1 aliphatic heterocycles. The van der Waals surface area contributed by atoms with Gasteiger partial charge in [0.25, 0.3) is 0 Å². The number of aromatic nitrogens is 2. The molecule has 1 aliphatic rings. The van der Waals surface area contributed by atoms with Gasteiger partial charge in [-0.1, -0.05) is 0 Å². The maximum absolute atomic E-state index is 7.96. The molecule has 0 saturated carbocycles. The molecule has 1 aromatic rings. The maximum atomic E-state index is 7.96. The van der Waals surface area contributed by atoms with Gasteiger partial charge in [0, 0.05) is 19.3 Å². The van der Waals surface area contributed by atoms with E-state index in [1.807, 2.05) is 6.92 Å². The van der Waals surface area contributed by atoms with Gasteiger partial charge in [0.1, 0.15) is 17.4 Å². The number of aryl methyl sites for hydroxylation is 1. The minimum Gasteiger partial charge on any atom is -0.355 e. The fraction of sp³-hybridized carbons (Fsp3) is 0.500. The van der Waals surface area contributed by atoms with E-state index in [2.05, 4.69) is 14.9 Å². The van der Waals surface area contributed by atoms with E-state index in [1.54, 1.807) is 12.3 Å². The Labute approximate surface area is 83.5 Å². The molecule has 0 amide bonds. The van der Waals surface area contributed by atoms with E-state index in [9.17, 15) is 0 Å². The lowest BCUT2D eigenvalue weighted by molar-refractivity contribution is 0.515. The Morgan fingerprint density at radius 1 is 1.43 bits per heavy atom. The molecule has 0 bridgehead atoms. The van der Waals surface area contributed by atoms with Crippen LogP contribution in [0.2, 0.25) is 0 Å². The van der Waals surface area contributed by atoms with E-state index >= 15 is 0 Å². The van der Waals surface area contributed by atoms with Crippen molar-refractivity contribution in [1.29, 1.82) is 5.41 Å². The summed E-state index contributed by atoms with van der Waals surface area (Å²) in [5, 5.41) is 7.96. The average molecular weight is 190 g/mol. The molecule has 0 spiro atoms. The average Bonchev–Trinajstić information content (AvgIpc) is 2.69. The van der Waals surface area contributed by atoms with Crippen LogP contribution in [0.25, 0.3) is 0 Å². The monoisotopic (exact) mass is 190 g/mol. The standard InChI is InChI=1S/C10H14N4/c1-8-12-5-4-9(13-8)10(11)14-6-2-3-7-14/h4-5,11H,2-3,6-7H2,1H3. The fourth-order valence-electron chi connectivity index (χ4n) is 1.69. The lowest BCUT2D eigenvalue weighted by Crippen LogP contribution is -2.28. The summed E-state index contributed by atoms with van der Waals surface area (Å²) >= 11 is 0. The second kappa shape index (κ2) is 3.74. The quantitative estimate of drug-likeness (QED) is 0.535. The van der Waals surface area contributed by atoms with Gasteiger partial charge in [-0.25, -0.2) is 9.97 Å². The fourth-order valence-corrected chi connectivity index (χ4v) is 1.69. The molecule has 2 heterocycles. The highest BCUT2D eigenvalue weighted by molar-refractivity contribution is 5.94. The Kier molecular flexibility index (Phi) is 2.43. The molecule has 0 unspecified atom stereocenters. The molecule has 0 atom stereocenters. The second-order valence-corrected chi connectivity index (χ2v) is 3.53. The molecule has 1 fully saturated rings. The number of hydrogen-bond acceptors (Lipinski definition) is 3. The van der Waals surface area contributed by atoms with Gasteiger partial charge < -0.3 is 4.90 Å². The van der Waals surface area contributed by atoms with Crippen LogP contribution in [0.4, 0.5) is 0 Å². The molecule has 4 nitrogen and oxygen atoms in total. The number of rotatable bonds is 1. The first-order chi connectivity index (χ1) is 6.77. The third kappa shape index (κ3) is 1.73. The number of likely N-dealkylation sites (tertiary alicyclic amines) is 1. The van der Waals surface area contributed by atoms with Crippen LogP contribution in [-0.4, -0.2) is 33.8 Å². The molecular weight excluding hydrogens is 176 g/mol. The Hall–Kier alpha value is -1.45. The summed E-state index contributed by atoms with van der Waals surface area (Å²) in [4.78, 5) is 10.3. The number of hydrogen-bond donors (Lipinski definition) is 1. The molecule has 4 heteroatoms. The molecule has 14 heavy (non-hydrogen) atoms. The van der Waals surface area contributed by atoms with E-state index < -0.39 is 0 Å². The predicted molar refractivity (Wildman–Crippen MR) is 54.4 cm³/mol. The SMILES string of the molecule is Cc1nccc(C(=N)N2CCCC2)n1. The zero-order valence-corrected chi connectivity index (χ0v) is 8.32. The van der Waals surface area contributed by atoms with Crippen molar-refractivity contribution in [3.05, 3.63) is 23.8 Å². The smallest absolute Gasteiger partial charge is 0.147 e. The highest BCUT2D eigenvalue weighted by Gasteiger charge is 2.16. The summed E-state index contributed by atoms with van der Waals surface area (Å²) in [6, 6.07) is 1.80. The second-order valence-electron chi connectivity index (χ2n) is 3.53. The third-order valence-electron chi connectivity index (χ3n) is 2.44. The minimum absolute atomic E-state index is 0.535. The van der Waals surface area contributed by atoms with Crippen molar-refractivity contribution in [1.82, 2.24) is 14.9 Å². The van der Waals surface area contributed by atoms with Crippen LogP contribution in [0, 0.1) is 12.3 Å². The van der Waals surface area contributed by atoms with Crippen LogP contribution in [0.3, 0.4) is 0 Å². The van der Waals surface area contributed by atoms with E-state index in [0.717, 1.165) is 24.6 Å². The van der Waals surface area contributed by atoms with E-state index in [1.165, 1.54) is 12.8 Å². The third-order valence-corrected chi connectivity index (χ3v) is 2.44. The highest BCUT2D eigenvalue weighted by Crippen LogP contribution is 2.10. The maximum Gasteiger partial charge on any atom is 0.147 e. The topological polar surface area (TPSA) is 52.9 Å². The minimum atomic E-state index is 0.535. The van der Waals surface area contributed by atoms with E-state index in [-0.39, 0.29) is 0 Å². The Morgan fingerprint density at radius 3 is 2.79 bits per heavy atom. The summed E-state index contributed by atoms with van der Waals surface area (Å²) in [5.74, 6) is 1.26. The summed E-state index contributed by atoms with van der Waals surface area (Å²) in [6.07, 6.45) is 4.08. The van der Waals surface area contributed by atoms with E-state index in [4.69, 9.17) is 5.41 Å². The van der Waals surface area contributed by atoms with Gasteiger partial charge in [0.15, 0.2) is 0 Å². The van der Waals surface area contributed by atoms with Gasteiger partial charge in [-0.3, -0.25) is 5.41 Å². The van der Waals surface area contributed by atoms with Crippen LogP contribution >= 0.6 is 0 Å². The molecule has 2 rings (SSSR count). The van der Waals surface area contributed by atoms with Crippen molar-refractivity contribution in [3.63, 3.8) is 0 Å². The van der Waals surface area contributed by atoms with Crippen molar-refractivity contribution >= 4 is 5.84 Å². The first kappa shape index (κ1) is 9.12. The van der Waals surface area contributed by atoms with E-state index in [0.29, 0.717) is 5.84 Å². The van der Waals surface area contributed by atoms with Crippen molar-refractivity contribution in [2.24, 2.45) is 0 Å². The van der Waals surface area contributed by atoms with Crippen molar-refractivity contribution in [2.75, 3.05) is 13.1 Å². The Balaban J connectivity index is 2.17. The van der Waals surface area contributed by atoms with Gasteiger partial charge in [0.2, 0.25) is 0 Å². The number of nitrogens with zero attached hydrogens (tertiary/aromatic N) is 3. The van der Waals surface area contributed by atoms with Gasteiger partial charge >= 0.3 is 0 Å². The Bertz CT molecular complexity index is 342. The molecular formula is C10H14N4. The Morgan fingerprint density at radius 2 is 2.14 bits per heavy atom. The van der Waals surface area contributed by atoms with Crippen LogP contribution < -0.4 is 0 Å². The van der Waals surface area contributed by atoms with Crippen molar-refractivity contribution in [3.8, 4) is 0 Å². The molecule has 1 saturated heterocycles. The van der Waals surface area contributed by atoms with Crippen molar-refractivity contribution in [2.45, 2.75) is 19.8 Å². The molecule has 0 radical (unpaired) electrons. The normalized spacial score (nSPS) is 15.9. The molecule has 0 aliphatic carbocycles. The van der Waals surface area contributed by atoms with Gasteiger partial charge in [0.05, 0.1) is 0 Å². The number of nitrogens with one attached hydrogen (secondary N) is 1. The van der Waals surface area contributed by atoms with Crippen molar-refractivity contribution < 1.29 is 0 Å². The summed E-state index contributed by atoms with van der Waals surface area (Å²) in [7, 11) is 0. The molecule has 1 N–H and O–H groups in total. The summed E-state index contributed by atoms with van der Waals surface area (Å²) in [5.41, 5.74) is 0.736. The van der Waals surface area contributed by atoms with Gasteiger partial charge in [-0.15, -0.1) is 0 Å². The first-order valence-electron chi connectivity index (χ1n) is 4.91. The highest BCUT2D eigenvalue weighted by atomic mass is 15.2. The van der Waals surface area contributed by atoms with Gasteiger partial charge in [-0.05, 0) is 25.8 Å². The zero-order chi connectivity index (χ0) is 9.97. The largest absolute Gasteiger partial charge is 0.355 e. The zero-order valence-electron chi connectivity index (χ0n) is 8.32. The lowest BCUT2D eigenvalue weighted by Gasteiger charge is -2.17. The molecule has 1 aromatic heterocycles. The predicted octanol–water partition coefficient (Wildman–Crippen LogP) is 1.21. The number of amidine groups is 1. The molecule has 74 valence electrons. The van der Waals surface area contributed by atoms with Crippen LogP contribution in [0.5, 0.6) is 0 Å². The van der Waals surface area contributed by atoms with Crippen LogP contribution in [-0.2, 0) is 0 Å². The van der Waals surface area contributed by atoms with Crippen LogP contribution in [0.15, 0.2) is 12.3 Å².